The molecule has 2 N–H and O–H groups in total. The number of hydrogen-bond acceptors (Lipinski definition) is 3. The van der Waals surface area contributed by atoms with E-state index in [2.05, 4.69) is 33.5 Å². The van der Waals surface area contributed by atoms with Crippen LogP contribution in [-0.4, -0.2) is 25.5 Å². The van der Waals surface area contributed by atoms with E-state index in [9.17, 15) is 9.59 Å². The molecule has 26 heavy (non-hydrogen) atoms. The van der Waals surface area contributed by atoms with E-state index >= 15 is 0 Å². The van der Waals surface area contributed by atoms with E-state index in [1.165, 1.54) is 5.56 Å². The summed E-state index contributed by atoms with van der Waals surface area (Å²) in [7, 11) is 1.62. The van der Waals surface area contributed by atoms with Crippen LogP contribution < -0.4 is 15.4 Å². The highest BCUT2D eigenvalue weighted by Crippen LogP contribution is 2.26. The van der Waals surface area contributed by atoms with Crippen molar-refractivity contribution in [3.63, 3.8) is 0 Å². The van der Waals surface area contributed by atoms with Gasteiger partial charge in [0, 0.05) is 19.2 Å². The van der Waals surface area contributed by atoms with Crippen molar-refractivity contribution in [1.29, 1.82) is 0 Å². The summed E-state index contributed by atoms with van der Waals surface area (Å²) in [5.74, 6) is 0.425. The summed E-state index contributed by atoms with van der Waals surface area (Å²) in [6, 6.07) is 13.3. The lowest BCUT2D eigenvalue weighted by Crippen LogP contribution is -2.20. The van der Waals surface area contributed by atoms with Crippen LogP contribution in [0.4, 0.5) is 5.69 Å². The van der Waals surface area contributed by atoms with Gasteiger partial charge in [0.15, 0.2) is 6.61 Å². The molecule has 2 rings (SSSR count). The number of anilines is 1. The van der Waals surface area contributed by atoms with Crippen molar-refractivity contribution >= 4 is 33.4 Å². The second-order valence-corrected chi connectivity index (χ2v) is 6.68. The lowest BCUT2D eigenvalue weighted by Gasteiger charge is -2.10. The highest BCUT2D eigenvalue weighted by Gasteiger charge is 2.07. The van der Waals surface area contributed by atoms with Gasteiger partial charge in [0.2, 0.25) is 5.91 Å². The van der Waals surface area contributed by atoms with Crippen LogP contribution in [0.2, 0.25) is 0 Å². The largest absolute Gasteiger partial charge is 0.483 e. The van der Waals surface area contributed by atoms with Crippen LogP contribution in [0.1, 0.15) is 24.5 Å². The van der Waals surface area contributed by atoms with Crippen LogP contribution in [0.5, 0.6) is 5.75 Å². The van der Waals surface area contributed by atoms with E-state index < -0.39 is 0 Å². The summed E-state index contributed by atoms with van der Waals surface area (Å²) in [5.41, 5.74) is 2.94. The van der Waals surface area contributed by atoms with Gasteiger partial charge in [-0.2, -0.15) is 0 Å². The standard InChI is InChI=1S/C20H23BrN2O3/c1-3-14-6-10-18(17(21)12-14)26-13-20(25)23-16-8-4-15(5-9-16)7-11-19(24)22-2/h4-6,8-10,12H,3,7,11,13H2,1-2H3,(H,22,24)(H,23,25). The Hall–Kier alpha value is -2.34. The lowest BCUT2D eigenvalue weighted by molar-refractivity contribution is -0.120. The van der Waals surface area contributed by atoms with Gasteiger partial charge in [0.25, 0.3) is 5.91 Å². The maximum Gasteiger partial charge on any atom is 0.262 e. The summed E-state index contributed by atoms with van der Waals surface area (Å²) in [4.78, 5) is 23.3. The molecule has 0 aromatic heterocycles. The number of rotatable bonds is 8. The minimum absolute atomic E-state index is 0.0117. The van der Waals surface area contributed by atoms with Crippen molar-refractivity contribution in [1.82, 2.24) is 5.32 Å². The maximum atomic E-state index is 12.1. The molecule has 0 atom stereocenters. The zero-order valence-electron chi connectivity index (χ0n) is 15.0. The van der Waals surface area contributed by atoms with Crippen LogP contribution in [0.15, 0.2) is 46.9 Å². The molecule has 0 heterocycles. The van der Waals surface area contributed by atoms with E-state index in [4.69, 9.17) is 4.74 Å². The number of hydrogen-bond donors (Lipinski definition) is 2. The Morgan fingerprint density at radius 2 is 1.73 bits per heavy atom. The van der Waals surface area contributed by atoms with Gasteiger partial charge < -0.3 is 15.4 Å². The Morgan fingerprint density at radius 1 is 1.04 bits per heavy atom. The molecule has 0 aliphatic heterocycles. The molecule has 0 unspecified atom stereocenters. The number of halogens is 1. The Morgan fingerprint density at radius 3 is 2.35 bits per heavy atom. The van der Waals surface area contributed by atoms with Crippen molar-refractivity contribution in [2.45, 2.75) is 26.2 Å². The molecule has 0 fully saturated rings. The third kappa shape index (κ3) is 6.19. The highest BCUT2D eigenvalue weighted by atomic mass is 79.9. The molecular weight excluding hydrogens is 396 g/mol. The second kappa shape index (κ2) is 9.97. The number of carbonyl (C=O) groups excluding carboxylic acids is 2. The third-order valence-electron chi connectivity index (χ3n) is 3.92. The molecule has 0 bridgehead atoms. The van der Waals surface area contributed by atoms with Crippen LogP contribution in [0.25, 0.3) is 0 Å². The smallest absolute Gasteiger partial charge is 0.262 e. The van der Waals surface area contributed by atoms with Crippen molar-refractivity contribution in [2.24, 2.45) is 0 Å². The van der Waals surface area contributed by atoms with Gasteiger partial charge in [-0.1, -0.05) is 25.1 Å². The maximum absolute atomic E-state index is 12.1. The second-order valence-electron chi connectivity index (χ2n) is 5.83. The first-order valence-corrected chi connectivity index (χ1v) is 9.31. The van der Waals surface area contributed by atoms with Crippen LogP contribution >= 0.6 is 15.9 Å². The Bertz CT molecular complexity index is 760. The Kier molecular flexibility index (Phi) is 7.66. The number of carbonyl (C=O) groups is 2. The molecule has 6 heteroatoms. The minimum atomic E-state index is -0.227. The fourth-order valence-electron chi connectivity index (χ4n) is 2.36. The van der Waals surface area contributed by atoms with Gasteiger partial charge in [-0.3, -0.25) is 9.59 Å². The van der Waals surface area contributed by atoms with Gasteiger partial charge >= 0.3 is 0 Å². The summed E-state index contributed by atoms with van der Waals surface area (Å²) in [6.07, 6.45) is 2.05. The van der Waals surface area contributed by atoms with Crippen molar-refractivity contribution in [3.8, 4) is 5.75 Å². The molecule has 0 saturated carbocycles. The first-order chi connectivity index (χ1) is 12.5. The van der Waals surface area contributed by atoms with E-state index in [1.54, 1.807) is 7.05 Å². The topological polar surface area (TPSA) is 67.4 Å². The fraction of sp³-hybridized carbons (Fsp3) is 0.300. The number of aryl methyl sites for hydroxylation is 2. The predicted octanol–water partition coefficient (Wildman–Crippen LogP) is 3.71. The summed E-state index contributed by atoms with van der Waals surface area (Å²) >= 11 is 3.46. The van der Waals surface area contributed by atoms with Crippen LogP contribution in [0, 0.1) is 0 Å². The van der Waals surface area contributed by atoms with E-state index in [-0.39, 0.29) is 18.4 Å². The number of ether oxygens (including phenoxy) is 1. The Balaban J connectivity index is 1.83. The number of nitrogens with one attached hydrogen (secondary N) is 2. The monoisotopic (exact) mass is 418 g/mol. The molecule has 0 saturated heterocycles. The fourth-order valence-corrected chi connectivity index (χ4v) is 2.90. The van der Waals surface area contributed by atoms with Gasteiger partial charge in [-0.05, 0) is 64.2 Å². The average Bonchev–Trinajstić information content (AvgIpc) is 2.66. The molecular formula is C20H23BrN2O3. The van der Waals surface area contributed by atoms with Crippen LogP contribution in [0.3, 0.4) is 0 Å². The van der Waals surface area contributed by atoms with E-state index in [0.717, 1.165) is 16.5 Å². The summed E-state index contributed by atoms with van der Waals surface area (Å²) < 4.78 is 6.41. The molecule has 138 valence electrons. The molecule has 0 spiro atoms. The molecule has 0 aliphatic carbocycles. The summed E-state index contributed by atoms with van der Waals surface area (Å²) in [6.45, 7) is 2.02. The molecule has 5 nitrogen and oxygen atoms in total. The SMILES string of the molecule is CCc1ccc(OCC(=O)Nc2ccc(CCC(=O)NC)cc2)c(Br)c1. The first kappa shape index (κ1) is 20.0. The predicted molar refractivity (Wildman–Crippen MR) is 106 cm³/mol. The normalized spacial score (nSPS) is 10.3. The van der Waals surface area contributed by atoms with Crippen molar-refractivity contribution < 1.29 is 14.3 Å². The zero-order chi connectivity index (χ0) is 18.9. The van der Waals surface area contributed by atoms with Crippen molar-refractivity contribution in [2.75, 3.05) is 19.0 Å². The lowest BCUT2D eigenvalue weighted by atomic mass is 10.1. The zero-order valence-corrected chi connectivity index (χ0v) is 16.6. The molecule has 2 amide bonds. The number of amides is 2. The van der Waals surface area contributed by atoms with Gasteiger partial charge in [-0.25, -0.2) is 0 Å². The van der Waals surface area contributed by atoms with Gasteiger partial charge in [-0.15, -0.1) is 0 Å². The quantitative estimate of drug-likeness (QED) is 0.686. The third-order valence-corrected chi connectivity index (χ3v) is 4.54. The van der Waals surface area contributed by atoms with Gasteiger partial charge in [0.05, 0.1) is 4.47 Å². The molecule has 0 radical (unpaired) electrons. The van der Waals surface area contributed by atoms with E-state index in [0.29, 0.717) is 24.3 Å². The minimum Gasteiger partial charge on any atom is -0.483 e. The highest BCUT2D eigenvalue weighted by molar-refractivity contribution is 9.10. The molecule has 2 aromatic rings. The van der Waals surface area contributed by atoms with Crippen LogP contribution in [-0.2, 0) is 22.4 Å². The molecule has 2 aromatic carbocycles. The average molecular weight is 419 g/mol. The summed E-state index contributed by atoms with van der Waals surface area (Å²) in [5, 5.41) is 5.40. The first-order valence-electron chi connectivity index (χ1n) is 8.52. The van der Waals surface area contributed by atoms with Crippen molar-refractivity contribution in [3.05, 3.63) is 58.1 Å². The van der Waals surface area contributed by atoms with E-state index in [1.807, 2.05) is 42.5 Å². The Labute approximate surface area is 162 Å². The number of benzene rings is 2. The molecule has 0 aliphatic rings. The van der Waals surface area contributed by atoms with Gasteiger partial charge in [0.1, 0.15) is 5.75 Å².